The van der Waals surface area contributed by atoms with Gasteiger partial charge in [0.25, 0.3) is 0 Å². The normalized spacial score (nSPS) is 15.7. The van der Waals surface area contributed by atoms with E-state index in [1.54, 1.807) is 6.07 Å². The Morgan fingerprint density at radius 2 is 2.00 bits per heavy atom. The van der Waals surface area contributed by atoms with Crippen LogP contribution in [-0.4, -0.2) is 49.9 Å². The predicted molar refractivity (Wildman–Crippen MR) is 97.2 cm³/mol. The molecule has 2 rings (SSSR count). The molecule has 1 aliphatic heterocycles. The van der Waals surface area contributed by atoms with Crippen LogP contribution >= 0.6 is 11.6 Å². The molecule has 0 amide bonds. The van der Waals surface area contributed by atoms with Gasteiger partial charge in [-0.05, 0) is 38.0 Å². The van der Waals surface area contributed by atoms with Crippen LogP contribution in [-0.2, 0) is 19.6 Å². The molecule has 1 unspecified atom stereocenters. The summed E-state index contributed by atoms with van der Waals surface area (Å²) in [5, 5.41) is 16.2. The molecule has 8 nitrogen and oxygen atoms in total. The first kappa shape index (κ1) is 21.0. The number of esters is 1. The van der Waals surface area contributed by atoms with Gasteiger partial charge < -0.3 is 10.1 Å². The lowest BCUT2D eigenvalue weighted by Gasteiger charge is -2.17. The first-order chi connectivity index (χ1) is 12.7. The van der Waals surface area contributed by atoms with Crippen molar-refractivity contribution in [1.82, 2.24) is 4.31 Å². The average molecular weight is 412 g/mol. The third kappa shape index (κ3) is 4.71. The number of rotatable bonds is 7. The second kappa shape index (κ2) is 8.61. The Morgan fingerprint density at radius 1 is 1.37 bits per heavy atom. The van der Waals surface area contributed by atoms with E-state index in [0.717, 1.165) is 18.9 Å². The summed E-state index contributed by atoms with van der Waals surface area (Å²) in [4.78, 5) is 23.8. The van der Waals surface area contributed by atoms with Crippen LogP contribution in [0, 0.1) is 22.7 Å². The molecule has 1 atom stereocenters. The highest BCUT2D eigenvalue weighted by Gasteiger charge is 2.30. The highest BCUT2D eigenvalue weighted by atomic mass is 35.5. The molecule has 10 heteroatoms. The first-order valence-electron chi connectivity index (χ1n) is 8.12. The number of sulfonamides is 1. The molecule has 144 valence electrons. The quantitative estimate of drug-likeness (QED) is 0.539. The number of Topliss-reactive ketones (excluding diaryl/α,β-unsaturated/α-hetero) is 1. The van der Waals surface area contributed by atoms with Gasteiger partial charge in [-0.3, -0.25) is 4.79 Å². The summed E-state index contributed by atoms with van der Waals surface area (Å²) in [6, 6.07) is 5.36. The van der Waals surface area contributed by atoms with Crippen molar-refractivity contribution in [3.63, 3.8) is 0 Å². The Balaban J connectivity index is 2.17. The lowest BCUT2D eigenvalue weighted by molar-refractivity contribution is -0.122. The number of nitriles is 1. The Bertz CT molecular complexity index is 917. The minimum Gasteiger partial charge on any atom is -0.454 e. The van der Waals surface area contributed by atoms with E-state index in [9.17, 15) is 18.0 Å². The number of halogens is 1. The number of carbonyl (C=O) groups excluding carboxylic acids is 2. The van der Waals surface area contributed by atoms with Crippen LogP contribution in [0.4, 0.5) is 0 Å². The Labute approximate surface area is 162 Å². The van der Waals surface area contributed by atoms with Gasteiger partial charge in [0.15, 0.2) is 12.4 Å². The summed E-state index contributed by atoms with van der Waals surface area (Å²) in [6.45, 7) is 1.40. The van der Waals surface area contributed by atoms with Gasteiger partial charge in [0, 0.05) is 18.8 Å². The zero-order valence-corrected chi connectivity index (χ0v) is 16.1. The van der Waals surface area contributed by atoms with Crippen molar-refractivity contribution >= 4 is 39.1 Å². The molecule has 1 N–H and O–H groups in total. The summed E-state index contributed by atoms with van der Waals surface area (Å²) in [5.41, 5.74) is -0.228. The molecule has 0 bridgehead atoms. The molecule has 1 aliphatic rings. The van der Waals surface area contributed by atoms with Crippen molar-refractivity contribution < 1.29 is 22.7 Å². The van der Waals surface area contributed by atoms with Crippen LogP contribution < -0.4 is 0 Å². The van der Waals surface area contributed by atoms with E-state index in [1.807, 2.05) is 0 Å². The highest BCUT2D eigenvalue weighted by Crippen LogP contribution is 2.28. The third-order valence-corrected chi connectivity index (χ3v) is 6.46. The van der Waals surface area contributed by atoms with Gasteiger partial charge in [0.2, 0.25) is 10.0 Å². The van der Waals surface area contributed by atoms with Gasteiger partial charge >= 0.3 is 5.97 Å². The Hall–Kier alpha value is -2.28. The number of nitrogens with zero attached hydrogens (tertiary/aromatic N) is 2. The largest absolute Gasteiger partial charge is 0.454 e. The van der Waals surface area contributed by atoms with Crippen LogP contribution in [0.3, 0.4) is 0 Å². The fourth-order valence-corrected chi connectivity index (χ4v) is 4.63. The molecule has 1 heterocycles. The minimum absolute atomic E-state index is 0.0153. The topological polar surface area (TPSA) is 128 Å². The third-order valence-electron chi connectivity index (χ3n) is 4.08. The molecule has 0 aliphatic carbocycles. The molecule has 0 radical (unpaired) electrons. The Morgan fingerprint density at radius 3 is 2.56 bits per heavy atom. The standard InChI is InChI=1S/C17H18ClN3O5S/c1-11(20)13(9-19)15(22)10-26-17(23)12-4-5-14(18)16(8-12)27(24,25)21-6-2-3-7-21/h4-5,8,13,20H,2-3,6-7,10H2,1H3. The second-order valence-electron chi connectivity index (χ2n) is 6.04. The van der Waals surface area contributed by atoms with Gasteiger partial charge in [-0.2, -0.15) is 9.57 Å². The summed E-state index contributed by atoms with van der Waals surface area (Å²) in [5.74, 6) is -2.93. The fraction of sp³-hybridized carbons (Fsp3) is 0.412. The van der Waals surface area contributed by atoms with Crippen molar-refractivity contribution in [3.8, 4) is 6.07 Å². The zero-order chi connectivity index (χ0) is 20.2. The van der Waals surface area contributed by atoms with Crippen LogP contribution in [0.1, 0.15) is 30.1 Å². The average Bonchev–Trinajstić information content (AvgIpc) is 3.15. The highest BCUT2D eigenvalue weighted by molar-refractivity contribution is 7.89. The molecular weight excluding hydrogens is 394 g/mol. The van der Waals surface area contributed by atoms with E-state index in [-0.39, 0.29) is 21.2 Å². The van der Waals surface area contributed by atoms with Crippen molar-refractivity contribution in [2.45, 2.75) is 24.7 Å². The summed E-state index contributed by atoms with van der Waals surface area (Å²) in [7, 11) is -3.83. The van der Waals surface area contributed by atoms with Crippen LogP contribution in [0.5, 0.6) is 0 Å². The molecule has 0 aromatic heterocycles. The number of hydrogen-bond acceptors (Lipinski definition) is 7. The number of ketones is 1. The van der Waals surface area contributed by atoms with Gasteiger partial charge in [-0.15, -0.1) is 0 Å². The first-order valence-corrected chi connectivity index (χ1v) is 9.94. The van der Waals surface area contributed by atoms with E-state index in [1.165, 1.54) is 23.4 Å². The molecule has 1 aromatic carbocycles. The SMILES string of the molecule is CC(=N)C(C#N)C(=O)COC(=O)c1ccc(Cl)c(S(=O)(=O)N2CCCC2)c1. The molecular formula is C17H18ClN3O5S. The molecule has 1 aromatic rings. The lowest BCUT2D eigenvalue weighted by Crippen LogP contribution is -2.28. The van der Waals surface area contributed by atoms with Crippen LogP contribution in [0.25, 0.3) is 0 Å². The fourth-order valence-electron chi connectivity index (χ4n) is 2.61. The summed E-state index contributed by atoms with van der Waals surface area (Å²) >= 11 is 6.01. The van der Waals surface area contributed by atoms with E-state index < -0.39 is 34.3 Å². The van der Waals surface area contributed by atoms with E-state index in [2.05, 4.69) is 0 Å². The molecule has 1 saturated heterocycles. The number of benzene rings is 1. The Kier molecular flexibility index (Phi) is 6.70. The van der Waals surface area contributed by atoms with Crippen molar-refractivity contribution in [2.24, 2.45) is 5.92 Å². The number of nitrogens with one attached hydrogen (secondary N) is 1. The maximum absolute atomic E-state index is 12.7. The molecule has 0 saturated carbocycles. The zero-order valence-electron chi connectivity index (χ0n) is 14.6. The number of carbonyl (C=O) groups is 2. The van der Waals surface area contributed by atoms with Crippen molar-refractivity contribution in [2.75, 3.05) is 19.7 Å². The second-order valence-corrected chi connectivity index (χ2v) is 8.36. The van der Waals surface area contributed by atoms with E-state index in [4.69, 9.17) is 27.0 Å². The minimum atomic E-state index is -3.83. The maximum atomic E-state index is 12.7. The van der Waals surface area contributed by atoms with Crippen molar-refractivity contribution in [1.29, 1.82) is 10.7 Å². The van der Waals surface area contributed by atoms with E-state index in [0.29, 0.717) is 13.1 Å². The number of hydrogen-bond donors (Lipinski definition) is 1. The van der Waals surface area contributed by atoms with Gasteiger partial charge in [0.05, 0.1) is 16.7 Å². The smallest absolute Gasteiger partial charge is 0.338 e. The van der Waals surface area contributed by atoms with E-state index >= 15 is 0 Å². The van der Waals surface area contributed by atoms with Gasteiger partial charge in [0.1, 0.15) is 10.8 Å². The number of ether oxygens (including phenoxy) is 1. The van der Waals surface area contributed by atoms with Crippen molar-refractivity contribution in [3.05, 3.63) is 28.8 Å². The molecule has 27 heavy (non-hydrogen) atoms. The maximum Gasteiger partial charge on any atom is 0.338 e. The monoisotopic (exact) mass is 411 g/mol. The molecule has 0 spiro atoms. The van der Waals surface area contributed by atoms with Gasteiger partial charge in [-0.1, -0.05) is 11.6 Å². The summed E-state index contributed by atoms with van der Waals surface area (Å²) < 4.78 is 31.5. The van der Waals surface area contributed by atoms with Crippen LogP contribution in [0.15, 0.2) is 23.1 Å². The predicted octanol–water partition coefficient (Wildman–Crippen LogP) is 2.03. The lowest BCUT2D eigenvalue weighted by atomic mass is 10.0. The van der Waals surface area contributed by atoms with Crippen LogP contribution in [0.2, 0.25) is 5.02 Å². The summed E-state index contributed by atoms with van der Waals surface area (Å²) in [6.07, 6.45) is 1.51. The molecule has 1 fully saturated rings. The van der Waals surface area contributed by atoms with Gasteiger partial charge in [-0.25, -0.2) is 13.2 Å².